The molecule has 154 valence electrons. The lowest BCUT2D eigenvalue weighted by Crippen LogP contribution is -2.14. The summed E-state index contributed by atoms with van der Waals surface area (Å²) in [6, 6.07) is 2.00. The maximum atomic E-state index is 14.0. The number of aromatic nitrogens is 1. The Bertz CT molecular complexity index is 927. The Kier molecular flexibility index (Phi) is 6.95. The summed E-state index contributed by atoms with van der Waals surface area (Å²) in [6.45, 7) is 10.7. The molecule has 2 aromatic rings. The van der Waals surface area contributed by atoms with E-state index in [1.807, 2.05) is 27.7 Å². The summed E-state index contributed by atoms with van der Waals surface area (Å²) in [6.07, 6.45) is 1.34. The molecule has 6 nitrogen and oxygen atoms in total. The molecule has 9 heteroatoms. The quantitative estimate of drug-likeness (QED) is 0.618. The summed E-state index contributed by atoms with van der Waals surface area (Å²) < 4.78 is 30.3. The van der Waals surface area contributed by atoms with Crippen molar-refractivity contribution in [3.8, 4) is 0 Å². The van der Waals surface area contributed by atoms with E-state index in [2.05, 4.69) is 14.7 Å². The fourth-order valence-corrected chi connectivity index (χ4v) is 4.29. The van der Waals surface area contributed by atoms with E-state index >= 15 is 0 Å². The highest BCUT2D eigenvalue weighted by atomic mass is 32.2. The maximum Gasteiger partial charge on any atom is 0.322 e. The van der Waals surface area contributed by atoms with Crippen molar-refractivity contribution in [1.29, 1.82) is 0 Å². The lowest BCUT2D eigenvalue weighted by Gasteiger charge is -2.20. The van der Waals surface area contributed by atoms with Crippen LogP contribution in [0.25, 0.3) is 0 Å². The first kappa shape index (κ1) is 22.4. The number of carbonyl (C=O) groups excluding carboxylic acids is 1. The van der Waals surface area contributed by atoms with Gasteiger partial charge in [-0.1, -0.05) is 27.7 Å². The van der Waals surface area contributed by atoms with Crippen LogP contribution < -0.4 is 5.32 Å². The van der Waals surface area contributed by atoms with E-state index in [0.29, 0.717) is 21.8 Å². The van der Waals surface area contributed by atoms with Gasteiger partial charge in [-0.2, -0.15) is 0 Å². The predicted octanol–water partition coefficient (Wildman–Crippen LogP) is 5.49. The monoisotopic (exact) mass is 426 g/mol. The van der Waals surface area contributed by atoms with E-state index in [1.54, 1.807) is 13.8 Å². The minimum Gasteiger partial charge on any atom is -0.439 e. The van der Waals surface area contributed by atoms with Gasteiger partial charge in [-0.05, 0) is 53.2 Å². The molecule has 0 saturated carbocycles. The molecular weight excluding hydrogens is 401 g/mol. The van der Waals surface area contributed by atoms with Crippen LogP contribution in [0, 0.1) is 5.82 Å². The second-order valence-electron chi connectivity index (χ2n) is 7.58. The van der Waals surface area contributed by atoms with Crippen molar-refractivity contribution in [3.63, 3.8) is 0 Å². The van der Waals surface area contributed by atoms with Gasteiger partial charge in [0, 0.05) is 11.9 Å². The molecule has 0 saturated heterocycles. The van der Waals surface area contributed by atoms with Crippen molar-refractivity contribution in [1.82, 2.24) is 4.98 Å². The van der Waals surface area contributed by atoms with Crippen molar-refractivity contribution in [2.75, 3.05) is 5.32 Å². The Hall–Kier alpha value is -1.84. The molecule has 28 heavy (non-hydrogen) atoms. The maximum absolute atomic E-state index is 14.0. The zero-order valence-electron chi connectivity index (χ0n) is 16.7. The first-order valence-electron chi connectivity index (χ1n) is 8.86. The number of anilines is 1. The molecule has 0 atom stereocenters. The van der Waals surface area contributed by atoms with Crippen LogP contribution in [0.15, 0.2) is 26.9 Å². The Labute approximate surface area is 170 Å². The van der Waals surface area contributed by atoms with Crippen molar-refractivity contribution in [2.24, 2.45) is 4.36 Å². The number of nitrogens with one attached hydrogen (secondary N) is 1. The summed E-state index contributed by atoms with van der Waals surface area (Å²) in [5, 5.41) is 13.0. The number of thiazole rings is 1. The van der Waals surface area contributed by atoms with Crippen LogP contribution in [0.4, 0.5) is 14.9 Å². The van der Waals surface area contributed by atoms with Gasteiger partial charge in [0.2, 0.25) is 0 Å². The SMILES string of the molecule is CC(C)c1cc(F)cc(C(C)C)c1NC(=O)N=[S-](=O)c1cnc(C(C)(C)O)s1. The van der Waals surface area contributed by atoms with Gasteiger partial charge in [0.25, 0.3) is 0 Å². The Morgan fingerprint density at radius 2 is 1.79 bits per heavy atom. The molecule has 0 radical (unpaired) electrons. The number of nitrogens with zero attached hydrogens (tertiary/aromatic N) is 2. The van der Waals surface area contributed by atoms with Gasteiger partial charge in [-0.15, -0.1) is 21.9 Å². The van der Waals surface area contributed by atoms with Crippen LogP contribution >= 0.6 is 11.3 Å². The van der Waals surface area contributed by atoms with E-state index in [4.69, 9.17) is 0 Å². The minimum absolute atomic E-state index is 0.0233. The Balaban J connectivity index is 2.36. The van der Waals surface area contributed by atoms with Crippen LogP contribution in [-0.4, -0.2) is 16.1 Å². The number of rotatable bonds is 5. The topological polar surface area (TPSA) is 91.7 Å². The number of halogens is 1. The van der Waals surface area contributed by atoms with Crippen LogP contribution in [0.3, 0.4) is 0 Å². The molecule has 2 rings (SSSR count). The molecule has 2 N–H and O–H groups in total. The van der Waals surface area contributed by atoms with Gasteiger partial charge in [-0.3, -0.25) is 0 Å². The molecule has 2 amide bonds. The third-order valence-electron chi connectivity index (χ3n) is 3.99. The molecule has 0 bridgehead atoms. The molecule has 1 heterocycles. The molecule has 0 spiro atoms. The van der Waals surface area contributed by atoms with Gasteiger partial charge in [0.15, 0.2) is 0 Å². The molecule has 1 aromatic heterocycles. The van der Waals surface area contributed by atoms with Crippen molar-refractivity contribution in [3.05, 3.63) is 40.3 Å². The highest BCUT2D eigenvalue weighted by Gasteiger charge is 2.20. The first-order chi connectivity index (χ1) is 12.9. The highest BCUT2D eigenvalue weighted by Crippen LogP contribution is 2.34. The fourth-order valence-electron chi connectivity index (χ4n) is 2.58. The number of hydrogen-bond donors (Lipinski definition) is 2. The van der Waals surface area contributed by atoms with Gasteiger partial charge in [0.05, 0.1) is 0 Å². The van der Waals surface area contributed by atoms with Gasteiger partial charge >= 0.3 is 6.03 Å². The molecule has 0 fully saturated rings. The molecule has 1 aromatic carbocycles. The van der Waals surface area contributed by atoms with Crippen LogP contribution in [0.2, 0.25) is 0 Å². The number of benzene rings is 1. The first-order valence-corrected chi connectivity index (χ1v) is 10.8. The Morgan fingerprint density at radius 3 is 2.21 bits per heavy atom. The van der Waals surface area contributed by atoms with E-state index in [-0.39, 0.29) is 21.9 Å². The standard InChI is InChI=1S/C19H25FN3O3S2/c1-10(2)13-7-12(20)8-14(11(3)4)16(13)22-18(24)23-28(26)15-9-21-17(27-15)19(5,6)25/h7-11,25H,1-6H3,(H,22,24)/q-1. The fraction of sp³-hybridized carbons (Fsp3) is 0.474. The zero-order valence-corrected chi connectivity index (χ0v) is 18.4. The van der Waals surface area contributed by atoms with Gasteiger partial charge in [-0.25, -0.2) is 14.2 Å². The van der Waals surface area contributed by atoms with Crippen molar-refractivity contribution in [2.45, 2.75) is 63.2 Å². The molecular formula is C19H25FN3O3S2-. The average molecular weight is 427 g/mol. The largest absolute Gasteiger partial charge is 0.439 e. The Morgan fingerprint density at radius 1 is 1.25 bits per heavy atom. The van der Waals surface area contributed by atoms with Gasteiger partial charge in [0.1, 0.15) is 16.4 Å². The summed E-state index contributed by atoms with van der Waals surface area (Å²) in [5.74, 6) is -0.413. The number of hydrogen-bond acceptors (Lipinski definition) is 6. The second-order valence-corrected chi connectivity index (χ2v) is 9.99. The summed E-state index contributed by atoms with van der Waals surface area (Å²) in [5.41, 5.74) is 0.640. The third-order valence-corrected chi connectivity index (χ3v) is 6.55. The number of carbonyl (C=O) groups is 1. The normalized spacial score (nSPS) is 13.4. The average Bonchev–Trinajstić information content (AvgIpc) is 3.06. The highest BCUT2D eigenvalue weighted by molar-refractivity contribution is 7.78. The van der Waals surface area contributed by atoms with Crippen molar-refractivity contribution >= 4 is 33.7 Å². The predicted molar refractivity (Wildman–Crippen MR) is 110 cm³/mol. The summed E-state index contributed by atoms with van der Waals surface area (Å²) >= 11 is 1.03. The van der Waals surface area contributed by atoms with E-state index in [0.717, 1.165) is 11.3 Å². The van der Waals surface area contributed by atoms with Gasteiger partial charge < -0.3 is 19.0 Å². The summed E-state index contributed by atoms with van der Waals surface area (Å²) in [4.78, 5) is 16.4. The zero-order chi connectivity index (χ0) is 21.2. The smallest absolute Gasteiger partial charge is 0.322 e. The second kappa shape index (κ2) is 8.67. The van der Waals surface area contributed by atoms with E-state index in [9.17, 15) is 18.5 Å². The number of aliphatic hydroxyl groups is 1. The van der Waals surface area contributed by atoms with E-state index in [1.165, 1.54) is 18.3 Å². The molecule has 0 aliphatic rings. The lowest BCUT2D eigenvalue weighted by atomic mass is 9.92. The van der Waals surface area contributed by atoms with E-state index < -0.39 is 22.2 Å². The van der Waals surface area contributed by atoms with Crippen LogP contribution in [0.1, 0.15) is 69.5 Å². The molecule has 0 unspecified atom stereocenters. The van der Waals surface area contributed by atoms with Crippen LogP contribution in [0.5, 0.6) is 0 Å². The minimum atomic E-state index is -1.96. The summed E-state index contributed by atoms with van der Waals surface area (Å²) in [7, 11) is -1.96. The molecule has 0 aliphatic carbocycles. The van der Waals surface area contributed by atoms with Crippen LogP contribution in [-0.2, 0) is 20.4 Å². The lowest BCUT2D eigenvalue weighted by molar-refractivity contribution is 0.0783. The van der Waals surface area contributed by atoms with Crippen molar-refractivity contribution < 1.29 is 18.5 Å². The molecule has 0 aliphatic heterocycles. The third kappa shape index (κ3) is 5.36. The number of amides is 2. The number of urea groups is 1.